The number of nitrogens with zero attached hydrogens (tertiary/aromatic N) is 1. The highest BCUT2D eigenvalue weighted by molar-refractivity contribution is 6.32. The Kier molecular flexibility index (Phi) is 9.46. The maximum Gasteiger partial charge on any atom is 0.338 e. The number of amides is 2. The minimum atomic E-state index is -0.857. The Morgan fingerprint density at radius 2 is 1.53 bits per heavy atom. The predicted octanol–water partition coefficient (Wildman–Crippen LogP) is 6.16. The third-order valence-corrected chi connectivity index (χ3v) is 5.67. The Labute approximate surface area is 214 Å². The molecule has 0 unspecified atom stereocenters. The van der Waals surface area contributed by atoms with Gasteiger partial charge in [0.15, 0.2) is 0 Å². The van der Waals surface area contributed by atoms with Gasteiger partial charge >= 0.3 is 11.9 Å². The number of unbranched alkanes of at least 4 members (excludes halogenated alkanes) is 4. The van der Waals surface area contributed by atoms with Crippen LogP contribution in [0.3, 0.4) is 0 Å². The molecule has 8 nitrogen and oxygen atoms in total. The lowest BCUT2D eigenvalue weighted by molar-refractivity contribution is -0.157. The van der Waals surface area contributed by atoms with Crippen LogP contribution in [0, 0.1) is 10.8 Å². The summed E-state index contributed by atoms with van der Waals surface area (Å²) in [7, 11) is 0. The minimum Gasteiger partial charge on any atom is -0.430 e. The first-order chi connectivity index (χ1) is 16.7. The maximum atomic E-state index is 13.4. The zero-order chi connectivity index (χ0) is 27.3. The van der Waals surface area contributed by atoms with Crippen molar-refractivity contribution in [2.75, 3.05) is 10.4 Å². The van der Waals surface area contributed by atoms with E-state index in [0.717, 1.165) is 37.2 Å². The summed E-state index contributed by atoms with van der Waals surface area (Å²) in [6.07, 6.45) is 5.60. The van der Waals surface area contributed by atoms with Crippen molar-refractivity contribution < 1.29 is 28.8 Å². The molecule has 0 saturated carbocycles. The summed E-state index contributed by atoms with van der Waals surface area (Å²) >= 11 is 0. The van der Waals surface area contributed by atoms with Crippen molar-refractivity contribution in [3.63, 3.8) is 0 Å². The average Bonchev–Trinajstić information content (AvgIpc) is 3.03. The van der Waals surface area contributed by atoms with Crippen LogP contribution in [0.15, 0.2) is 24.0 Å². The van der Waals surface area contributed by atoms with E-state index in [4.69, 9.17) is 9.57 Å². The third-order valence-electron chi connectivity index (χ3n) is 5.67. The highest BCUT2D eigenvalue weighted by Crippen LogP contribution is 2.41. The van der Waals surface area contributed by atoms with Crippen LogP contribution in [0.2, 0.25) is 0 Å². The Morgan fingerprint density at radius 1 is 0.917 bits per heavy atom. The van der Waals surface area contributed by atoms with Crippen molar-refractivity contribution in [3.8, 4) is 0 Å². The van der Waals surface area contributed by atoms with Gasteiger partial charge in [-0.1, -0.05) is 32.6 Å². The van der Waals surface area contributed by atoms with E-state index < -0.39 is 28.7 Å². The quantitative estimate of drug-likeness (QED) is 0.189. The van der Waals surface area contributed by atoms with E-state index in [-0.39, 0.29) is 17.2 Å². The molecule has 0 aromatic heterocycles. The molecular weight excluding hydrogens is 460 g/mol. The molecule has 1 aliphatic heterocycles. The van der Waals surface area contributed by atoms with E-state index >= 15 is 0 Å². The lowest BCUT2D eigenvalue weighted by atomic mass is 9.97. The van der Waals surface area contributed by atoms with Crippen molar-refractivity contribution in [3.05, 3.63) is 29.5 Å². The molecule has 0 atom stereocenters. The molecule has 0 radical (unpaired) electrons. The van der Waals surface area contributed by atoms with Crippen LogP contribution >= 0.6 is 0 Å². The molecule has 0 fully saturated rings. The van der Waals surface area contributed by atoms with E-state index in [2.05, 4.69) is 12.2 Å². The lowest BCUT2D eigenvalue weighted by Crippen LogP contribution is -2.35. The Balaban J connectivity index is 2.36. The van der Waals surface area contributed by atoms with Crippen molar-refractivity contribution in [1.29, 1.82) is 0 Å². The van der Waals surface area contributed by atoms with Crippen LogP contribution in [0.25, 0.3) is 5.57 Å². The summed E-state index contributed by atoms with van der Waals surface area (Å²) in [6.45, 7) is 13.9. The number of esters is 1. The van der Waals surface area contributed by atoms with E-state index in [1.165, 1.54) is 6.92 Å². The second-order valence-corrected chi connectivity index (χ2v) is 11.2. The first kappa shape index (κ1) is 29.1. The molecule has 1 N–H and O–H groups in total. The van der Waals surface area contributed by atoms with E-state index in [0.29, 0.717) is 23.4 Å². The van der Waals surface area contributed by atoms with E-state index in [1.807, 2.05) is 0 Å². The van der Waals surface area contributed by atoms with Crippen LogP contribution < -0.4 is 10.4 Å². The summed E-state index contributed by atoms with van der Waals surface area (Å²) in [6, 6.07) is 4.91. The topological polar surface area (TPSA) is 102 Å². The molecule has 8 heteroatoms. The fourth-order valence-electron chi connectivity index (χ4n) is 3.42. The molecule has 0 spiro atoms. The Bertz CT molecular complexity index is 1040. The number of hydrogen-bond acceptors (Lipinski definition) is 6. The number of anilines is 2. The highest BCUT2D eigenvalue weighted by atomic mass is 16.7. The Hall–Kier alpha value is -3.16. The van der Waals surface area contributed by atoms with E-state index in [9.17, 15) is 19.2 Å². The smallest absolute Gasteiger partial charge is 0.338 e. The van der Waals surface area contributed by atoms with Gasteiger partial charge in [-0.05, 0) is 73.1 Å². The van der Waals surface area contributed by atoms with Gasteiger partial charge in [-0.25, -0.2) is 4.79 Å². The SMILES string of the molecule is CCCCCCCC(=O)Nc1ccc2c(c1)N(OC(=O)C(C)(C)C)C(=O)/C2=C(/C)OC(=O)C(C)(C)C. The van der Waals surface area contributed by atoms with Gasteiger partial charge in [0.2, 0.25) is 5.91 Å². The van der Waals surface area contributed by atoms with Crippen LogP contribution in [0.4, 0.5) is 11.4 Å². The zero-order valence-electron chi connectivity index (χ0n) is 22.9. The van der Waals surface area contributed by atoms with Crippen molar-refractivity contribution >= 4 is 40.7 Å². The largest absolute Gasteiger partial charge is 0.430 e. The summed E-state index contributed by atoms with van der Waals surface area (Å²) in [5.41, 5.74) is -0.293. The highest BCUT2D eigenvalue weighted by Gasteiger charge is 2.40. The average molecular weight is 501 g/mol. The standard InChI is InChI=1S/C28H40N2O6/c1-9-10-11-12-13-14-22(31)29-19-15-16-20-21(17-19)30(36-26(34)28(6,7)8)24(32)23(20)18(2)35-25(33)27(3,4)5/h15-17H,9-14H2,1-8H3,(H,29,31)/b23-18-. The number of rotatable bonds is 9. The molecule has 0 aliphatic carbocycles. The summed E-state index contributed by atoms with van der Waals surface area (Å²) < 4.78 is 5.50. The first-order valence-corrected chi connectivity index (χ1v) is 12.6. The van der Waals surface area contributed by atoms with Gasteiger partial charge < -0.3 is 14.9 Å². The molecule has 36 heavy (non-hydrogen) atoms. The van der Waals surface area contributed by atoms with E-state index in [1.54, 1.807) is 59.7 Å². The number of carbonyl (C=O) groups is 4. The Morgan fingerprint density at radius 3 is 2.11 bits per heavy atom. The molecule has 2 amide bonds. The molecule has 2 rings (SSSR count). The fourth-order valence-corrected chi connectivity index (χ4v) is 3.42. The maximum absolute atomic E-state index is 13.4. The molecule has 0 saturated heterocycles. The number of ether oxygens (including phenoxy) is 1. The first-order valence-electron chi connectivity index (χ1n) is 12.6. The van der Waals surface area contributed by atoms with Gasteiger partial charge in [0, 0.05) is 17.7 Å². The lowest BCUT2D eigenvalue weighted by Gasteiger charge is -2.22. The number of hydrogen-bond donors (Lipinski definition) is 1. The van der Waals surface area contributed by atoms with Crippen molar-refractivity contribution in [2.24, 2.45) is 10.8 Å². The van der Waals surface area contributed by atoms with Gasteiger partial charge in [0.05, 0.1) is 22.1 Å². The van der Waals surface area contributed by atoms with Crippen LogP contribution in [0.5, 0.6) is 0 Å². The summed E-state index contributed by atoms with van der Waals surface area (Å²) in [5.74, 6) is -1.73. The number of carbonyl (C=O) groups excluding carboxylic acids is 4. The molecule has 1 heterocycles. The second-order valence-electron chi connectivity index (χ2n) is 11.2. The van der Waals surface area contributed by atoms with Gasteiger partial charge in [0.1, 0.15) is 5.76 Å². The van der Waals surface area contributed by atoms with Crippen LogP contribution in [-0.4, -0.2) is 23.8 Å². The monoisotopic (exact) mass is 500 g/mol. The van der Waals surface area contributed by atoms with Gasteiger partial charge in [-0.15, -0.1) is 5.06 Å². The summed E-state index contributed by atoms with van der Waals surface area (Å²) in [4.78, 5) is 56.4. The van der Waals surface area contributed by atoms with Crippen LogP contribution in [-0.2, 0) is 28.8 Å². The molecule has 198 valence electrons. The number of hydroxylamine groups is 1. The van der Waals surface area contributed by atoms with Crippen LogP contribution in [0.1, 0.15) is 99.5 Å². The zero-order valence-corrected chi connectivity index (χ0v) is 22.9. The second kappa shape index (κ2) is 11.7. The number of allylic oxidation sites excluding steroid dienone is 1. The minimum absolute atomic E-state index is 0.111. The van der Waals surface area contributed by atoms with Gasteiger partial charge in [-0.2, -0.15) is 0 Å². The molecule has 1 aliphatic rings. The van der Waals surface area contributed by atoms with Crippen molar-refractivity contribution in [1.82, 2.24) is 0 Å². The molecule has 1 aromatic carbocycles. The normalized spacial score (nSPS) is 14.9. The molecular formula is C28H40N2O6. The van der Waals surface area contributed by atoms with Crippen molar-refractivity contribution in [2.45, 2.75) is 93.9 Å². The van der Waals surface area contributed by atoms with Gasteiger partial charge in [0.25, 0.3) is 5.91 Å². The number of fused-ring (bicyclic) bond motifs is 1. The summed E-state index contributed by atoms with van der Waals surface area (Å²) in [5, 5.41) is 3.77. The fraction of sp³-hybridized carbons (Fsp3) is 0.571. The number of nitrogens with one attached hydrogen (secondary N) is 1. The molecule has 0 bridgehead atoms. The third kappa shape index (κ3) is 7.42. The van der Waals surface area contributed by atoms with Gasteiger partial charge in [-0.3, -0.25) is 14.4 Å². The predicted molar refractivity (Wildman–Crippen MR) is 140 cm³/mol. The molecule has 1 aromatic rings. The number of benzene rings is 1.